The van der Waals surface area contributed by atoms with Crippen molar-refractivity contribution in [3.05, 3.63) is 22.0 Å². The Bertz CT molecular complexity index is 534. The predicted molar refractivity (Wildman–Crippen MR) is 65.9 cm³/mol. The van der Waals surface area contributed by atoms with Crippen molar-refractivity contribution in [3.63, 3.8) is 0 Å². The molecule has 1 N–H and O–H groups in total. The summed E-state index contributed by atoms with van der Waals surface area (Å²) >= 11 is 2.12. The van der Waals surface area contributed by atoms with Gasteiger partial charge in [0.25, 0.3) is 0 Å². The van der Waals surface area contributed by atoms with Crippen LogP contribution < -0.4 is 9.47 Å². The summed E-state index contributed by atoms with van der Waals surface area (Å²) in [6, 6.07) is 5.57. The Labute approximate surface area is 105 Å². The lowest BCUT2D eigenvalue weighted by Gasteiger charge is -2.25. The van der Waals surface area contributed by atoms with E-state index in [4.69, 9.17) is 19.0 Å². The summed E-state index contributed by atoms with van der Waals surface area (Å²) in [6.07, 6.45) is -0.282. The molecule has 0 unspecified atom stereocenters. The number of halogens is 1. The minimum absolute atomic E-state index is 0.0413. The van der Waals surface area contributed by atoms with Gasteiger partial charge in [-0.3, -0.25) is 0 Å². The average Bonchev–Trinajstić information content (AvgIpc) is 2.69. The first kappa shape index (κ1) is 10.2. The fourth-order valence-corrected chi connectivity index (χ4v) is 2.31. The van der Waals surface area contributed by atoms with Crippen molar-refractivity contribution < 1.29 is 19.0 Å². The average molecular weight is 332 g/mol. The zero-order chi connectivity index (χ0) is 11.1. The lowest BCUT2D eigenvalue weighted by Crippen LogP contribution is -2.32. The van der Waals surface area contributed by atoms with E-state index in [-0.39, 0.29) is 12.7 Å². The number of hydrogen-bond donors (Lipinski definition) is 1. The summed E-state index contributed by atoms with van der Waals surface area (Å²) in [7, 11) is 0. The predicted octanol–water partition coefficient (Wildman–Crippen LogP) is 2.17. The summed E-state index contributed by atoms with van der Waals surface area (Å²) in [5.74, 6) is 1.36. The molecule has 1 aromatic heterocycles. The summed E-state index contributed by atoms with van der Waals surface area (Å²) in [5.41, 5.74) is 0.786. The summed E-state index contributed by atoms with van der Waals surface area (Å²) in [4.78, 5) is 0. The van der Waals surface area contributed by atoms with Crippen LogP contribution in [0.15, 0.2) is 22.6 Å². The van der Waals surface area contributed by atoms with Gasteiger partial charge in [0.05, 0.1) is 12.0 Å². The van der Waals surface area contributed by atoms with Crippen molar-refractivity contribution in [1.82, 2.24) is 0 Å². The summed E-state index contributed by atoms with van der Waals surface area (Å²) in [5, 5.41) is 9.92. The van der Waals surface area contributed by atoms with Gasteiger partial charge in [-0.1, -0.05) is 0 Å². The molecule has 4 nitrogen and oxygen atoms in total. The number of fused-ring (bicyclic) bond motifs is 3. The van der Waals surface area contributed by atoms with E-state index in [1.807, 2.05) is 12.1 Å². The van der Waals surface area contributed by atoms with Gasteiger partial charge in [0, 0.05) is 6.07 Å². The van der Waals surface area contributed by atoms with E-state index in [2.05, 4.69) is 22.6 Å². The lowest BCUT2D eigenvalue weighted by atomic mass is 10.2. The van der Waals surface area contributed by atoms with E-state index in [9.17, 15) is 0 Å². The molecular formula is C11H9IO4. The summed E-state index contributed by atoms with van der Waals surface area (Å²) < 4.78 is 17.5. The molecule has 0 saturated heterocycles. The maximum atomic E-state index is 9.01. The Balaban J connectivity index is 2.13. The third-order valence-electron chi connectivity index (χ3n) is 2.50. The van der Waals surface area contributed by atoms with Gasteiger partial charge < -0.3 is 19.0 Å². The van der Waals surface area contributed by atoms with Gasteiger partial charge in [0.15, 0.2) is 21.4 Å². The van der Waals surface area contributed by atoms with Crippen LogP contribution in [0.3, 0.4) is 0 Å². The molecule has 0 fully saturated rings. The van der Waals surface area contributed by atoms with Crippen LogP contribution in [0, 0.1) is 3.77 Å². The molecule has 0 saturated carbocycles. The minimum Gasteiger partial charge on any atom is -0.485 e. The van der Waals surface area contributed by atoms with Gasteiger partial charge in [-0.05, 0) is 34.7 Å². The SMILES string of the molecule is OC[C@H]1COc2c(ccc3oc(I)cc23)O1. The molecule has 1 aliphatic rings. The van der Waals surface area contributed by atoms with Crippen LogP contribution in [-0.2, 0) is 0 Å². The standard InChI is InChI=1S/C11H9IO4/c12-10-3-7-8(16-10)1-2-9-11(7)14-5-6(4-13)15-9/h1-3,6,13H,4-5H2/t6-/m0/s1. The molecule has 84 valence electrons. The fourth-order valence-electron chi connectivity index (χ4n) is 1.76. The number of aliphatic hydroxyl groups excluding tert-OH is 1. The Morgan fingerprint density at radius 1 is 1.44 bits per heavy atom. The van der Waals surface area contributed by atoms with Gasteiger partial charge in [-0.15, -0.1) is 0 Å². The van der Waals surface area contributed by atoms with Gasteiger partial charge in [-0.2, -0.15) is 0 Å². The first-order chi connectivity index (χ1) is 7.78. The number of benzene rings is 1. The molecule has 1 aliphatic heterocycles. The van der Waals surface area contributed by atoms with Crippen molar-refractivity contribution in [2.45, 2.75) is 6.10 Å². The minimum atomic E-state index is -0.282. The number of hydrogen-bond acceptors (Lipinski definition) is 4. The van der Waals surface area contributed by atoms with Crippen molar-refractivity contribution in [2.75, 3.05) is 13.2 Å². The maximum Gasteiger partial charge on any atom is 0.172 e. The van der Waals surface area contributed by atoms with Crippen molar-refractivity contribution >= 4 is 33.6 Å². The van der Waals surface area contributed by atoms with Gasteiger partial charge >= 0.3 is 0 Å². The molecule has 1 aromatic carbocycles. The number of ether oxygens (including phenoxy) is 2. The van der Waals surface area contributed by atoms with Gasteiger partial charge in [0.1, 0.15) is 12.2 Å². The Morgan fingerprint density at radius 2 is 2.31 bits per heavy atom. The zero-order valence-corrected chi connectivity index (χ0v) is 10.4. The Morgan fingerprint density at radius 3 is 3.12 bits per heavy atom. The smallest absolute Gasteiger partial charge is 0.172 e. The second-order valence-corrected chi connectivity index (χ2v) is 4.65. The zero-order valence-electron chi connectivity index (χ0n) is 8.27. The lowest BCUT2D eigenvalue weighted by molar-refractivity contribution is 0.0467. The topological polar surface area (TPSA) is 51.8 Å². The number of rotatable bonds is 1. The fraction of sp³-hybridized carbons (Fsp3) is 0.273. The molecule has 2 aromatic rings. The van der Waals surface area contributed by atoms with E-state index in [0.717, 1.165) is 14.7 Å². The molecule has 3 rings (SSSR count). The summed E-state index contributed by atoms with van der Waals surface area (Å²) in [6.45, 7) is 0.324. The third-order valence-corrected chi connectivity index (χ3v) is 3.03. The van der Waals surface area contributed by atoms with Crippen molar-refractivity contribution in [2.24, 2.45) is 0 Å². The Kier molecular flexibility index (Phi) is 2.44. The quantitative estimate of drug-likeness (QED) is 0.814. The highest BCUT2D eigenvalue weighted by atomic mass is 127. The number of furan rings is 1. The molecule has 0 bridgehead atoms. The second kappa shape index (κ2) is 3.81. The van der Waals surface area contributed by atoms with E-state index in [1.165, 1.54) is 0 Å². The van der Waals surface area contributed by atoms with Gasteiger partial charge in [-0.25, -0.2) is 0 Å². The highest BCUT2D eigenvalue weighted by molar-refractivity contribution is 14.1. The molecule has 0 spiro atoms. The normalized spacial score (nSPS) is 19.0. The first-order valence-corrected chi connectivity index (χ1v) is 5.98. The molecule has 5 heteroatoms. The molecule has 0 radical (unpaired) electrons. The van der Waals surface area contributed by atoms with E-state index < -0.39 is 0 Å². The third kappa shape index (κ3) is 1.54. The van der Waals surface area contributed by atoms with Crippen molar-refractivity contribution in [1.29, 1.82) is 0 Å². The molecule has 2 heterocycles. The van der Waals surface area contributed by atoms with E-state index in [0.29, 0.717) is 18.1 Å². The highest BCUT2D eigenvalue weighted by Crippen LogP contribution is 2.40. The molecule has 16 heavy (non-hydrogen) atoms. The second-order valence-electron chi connectivity index (χ2n) is 3.59. The molecule has 1 atom stereocenters. The van der Waals surface area contributed by atoms with E-state index in [1.54, 1.807) is 6.07 Å². The monoisotopic (exact) mass is 332 g/mol. The van der Waals surface area contributed by atoms with Crippen LogP contribution >= 0.6 is 22.6 Å². The highest BCUT2D eigenvalue weighted by Gasteiger charge is 2.23. The molecule has 0 amide bonds. The largest absolute Gasteiger partial charge is 0.485 e. The molecule has 0 aliphatic carbocycles. The van der Waals surface area contributed by atoms with Crippen LogP contribution in [0.2, 0.25) is 0 Å². The van der Waals surface area contributed by atoms with E-state index >= 15 is 0 Å². The van der Waals surface area contributed by atoms with Crippen LogP contribution in [0.25, 0.3) is 11.0 Å². The molecular weight excluding hydrogens is 323 g/mol. The van der Waals surface area contributed by atoms with Crippen LogP contribution in [0.5, 0.6) is 11.5 Å². The van der Waals surface area contributed by atoms with Gasteiger partial charge in [0.2, 0.25) is 0 Å². The van der Waals surface area contributed by atoms with Crippen LogP contribution in [0.1, 0.15) is 0 Å². The number of aliphatic hydroxyl groups is 1. The Hall–Kier alpha value is -0.950. The van der Waals surface area contributed by atoms with Crippen LogP contribution in [-0.4, -0.2) is 24.4 Å². The van der Waals surface area contributed by atoms with Crippen LogP contribution in [0.4, 0.5) is 0 Å². The maximum absolute atomic E-state index is 9.01. The first-order valence-electron chi connectivity index (χ1n) is 4.90. The van der Waals surface area contributed by atoms with Crippen molar-refractivity contribution in [3.8, 4) is 11.5 Å².